The summed E-state index contributed by atoms with van der Waals surface area (Å²) in [5, 5.41) is 19.6. The highest BCUT2D eigenvalue weighted by molar-refractivity contribution is 7.32. The molecular formula is C9H14N3O7P. The van der Waals surface area contributed by atoms with Crippen molar-refractivity contribution in [3.05, 3.63) is 22.7 Å². The molecule has 10 nitrogen and oxygen atoms in total. The van der Waals surface area contributed by atoms with Crippen LogP contribution in [0.15, 0.2) is 17.1 Å². The van der Waals surface area contributed by atoms with E-state index in [4.69, 9.17) is 15.4 Å². The fourth-order valence-corrected chi connectivity index (χ4v) is 2.18. The van der Waals surface area contributed by atoms with Gasteiger partial charge in [0.15, 0.2) is 6.23 Å². The van der Waals surface area contributed by atoms with Crippen LogP contribution in [0.1, 0.15) is 6.23 Å². The normalized spacial score (nSPS) is 31.4. The van der Waals surface area contributed by atoms with Crippen LogP contribution in [0.2, 0.25) is 0 Å². The number of anilines is 1. The maximum Gasteiger partial charge on any atom is 0.351 e. The van der Waals surface area contributed by atoms with Crippen LogP contribution in [0.5, 0.6) is 0 Å². The van der Waals surface area contributed by atoms with Crippen LogP contribution in [0.4, 0.5) is 5.82 Å². The summed E-state index contributed by atoms with van der Waals surface area (Å²) >= 11 is 0. The van der Waals surface area contributed by atoms with Crippen LogP contribution in [0.3, 0.4) is 0 Å². The van der Waals surface area contributed by atoms with E-state index in [0.717, 1.165) is 4.57 Å². The number of aliphatic hydroxyl groups is 2. The summed E-state index contributed by atoms with van der Waals surface area (Å²) in [6.45, 7) is -0.389. The summed E-state index contributed by atoms with van der Waals surface area (Å²) < 4.78 is 21.2. The molecule has 0 spiro atoms. The Morgan fingerprint density at radius 1 is 1.50 bits per heavy atom. The van der Waals surface area contributed by atoms with Crippen LogP contribution in [-0.2, 0) is 13.8 Å². The molecule has 0 amide bonds. The van der Waals surface area contributed by atoms with Crippen molar-refractivity contribution < 1.29 is 28.9 Å². The molecule has 5 N–H and O–H groups in total. The topological polar surface area (TPSA) is 157 Å². The molecule has 2 rings (SSSR count). The molecule has 1 aromatic rings. The quantitative estimate of drug-likeness (QED) is 0.455. The van der Waals surface area contributed by atoms with Crippen molar-refractivity contribution in [2.45, 2.75) is 24.5 Å². The van der Waals surface area contributed by atoms with E-state index in [1.54, 1.807) is 0 Å². The fraction of sp³-hybridized carbons (Fsp3) is 0.556. The van der Waals surface area contributed by atoms with Gasteiger partial charge in [0.25, 0.3) is 0 Å². The van der Waals surface area contributed by atoms with Crippen molar-refractivity contribution in [1.82, 2.24) is 9.55 Å². The molecule has 1 aliphatic rings. The lowest BCUT2D eigenvalue weighted by atomic mass is 10.1. The van der Waals surface area contributed by atoms with Crippen molar-refractivity contribution in [2.24, 2.45) is 0 Å². The lowest BCUT2D eigenvalue weighted by Crippen LogP contribution is -2.36. The van der Waals surface area contributed by atoms with Gasteiger partial charge in [0.05, 0.1) is 6.61 Å². The first-order chi connectivity index (χ1) is 9.40. The highest BCUT2D eigenvalue weighted by atomic mass is 31.1. The molecule has 0 saturated carbocycles. The number of nitrogen functional groups attached to an aromatic ring is 1. The summed E-state index contributed by atoms with van der Waals surface area (Å²) in [4.78, 5) is 23.7. The molecule has 112 valence electrons. The monoisotopic (exact) mass is 307 g/mol. The van der Waals surface area contributed by atoms with Gasteiger partial charge in [-0.15, -0.1) is 0 Å². The summed E-state index contributed by atoms with van der Waals surface area (Å²) in [5.74, 6) is 0.0121. The van der Waals surface area contributed by atoms with E-state index in [0.29, 0.717) is 0 Å². The molecule has 20 heavy (non-hydrogen) atoms. The second kappa shape index (κ2) is 6.00. The summed E-state index contributed by atoms with van der Waals surface area (Å²) in [7, 11) is -3.18. The third-order valence-corrected chi connectivity index (χ3v) is 3.25. The van der Waals surface area contributed by atoms with Gasteiger partial charge in [-0.25, -0.2) is 4.79 Å². The third-order valence-electron chi connectivity index (χ3n) is 2.83. The molecule has 0 aromatic carbocycles. The molecule has 2 heterocycles. The maximum atomic E-state index is 11.6. The van der Waals surface area contributed by atoms with E-state index < -0.39 is 38.5 Å². The smallest absolute Gasteiger partial charge is 0.351 e. The minimum atomic E-state index is -3.18. The van der Waals surface area contributed by atoms with Gasteiger partial charge in [0.2, 0.25) is 0 Å². The first kappa shape index (κ1) is 15.1. The van der Waals surface area contributed by atoms with Crippen molar-refractivity contribution in [1.29, 1.82) is 0 Å². The Labute approximate surface area is 113 Å². The molecule has 5 atom stereocenters. The zero-order valence-corrected chi connectivity index (χ0v) is 11.1. The van der Waals surface area contributed by atoms with Crippen LogP contribution in [0, 0.1) is 0 Å². The summed E-state index contributed by atoms with van der Waals surface area (Å²) in [5.41, 5.74) is 4.59. The lowest BCUT2D eigenvalue weighted by molar-refractivity contribution is -0.0516. The van der Waals surface area contributed by atoms with Crippen molar-refractivity contribution in [2.75, 3.05) is 12.3 Å². The van der Waals surface area contributed by atoms with E-state index in [-0.39, 0.29) is 12.4 Å². The van der Waals surface area contributed by atoms with Gasteiger partial charge in [-0.05, 0) is 6.07 Å². The molecule has 1 saturated heterocycles. The Bertz CT molecular complexity index is 565. The highest BCUT2D eigenvalue weighted by Gasteiger charge is 2.44. The number of aliphatic hydroxyl groups excluding tert-OH is 2. The second-order valence-corrected chi connectivity index (χ2v) is 4.99. The lowest BCUT2D eigenvalue weighted by Gasteiger charge is -2.16. The van der Waals surface area contributed by atoms with Crippen molar-refractivity contribution in [3.8, 4) is 0 Å². The Hall–Kier alpha value is -1.29. The zero-order chi connectivity index (χ0) is 14.9. The van der Waals surface area contributed by atoms with E-state index in [9.17, 15) is 19.6 Å². The van der Waals surface area contributed by atoms with E-state index in [1.165, 1.54) is 12.3 Å². The molecule has 1 aliphatic heterocycles. The van der Waals surface area contributed by atoms with Gasteiger partial charge >= 0.3 is 13.9 Å². The largest absolute Gasteiger partial charge is 0.387 e. The number of hydrogen-bond acceptors (Lipinski definition) is 8. The minimum Gasteiger partial charge on any atom is -0.387 e. The third kappa shape index (κ3) is 3.06. The number of nitrogens with two attached hydrogens (primary N) is 1. The molecule has 11 heteroatoms. The molecule has 3 unspecified atom stereocenters. The van der Waals surface area contributed by atoms with Crippen LogP contribution >= 0.6 is 8.25 Å². The van der Waals surface area contributed by atoms with Gasteiger partial charge in [0, 0.05) is 6.20 Å². The Morgan fingerprint density at radius 2 is 2.20 bits per heavy atom. The molecule has 0 radical (unpaired) electrons. The number of ether oxygens (including phenoxy) is 1. The van der Waals surface area contributed by atoms with E-state index >= 15 is 0 Å². The minimum absolute atomic E-state index is 0.0121. The van der Waals surface area contributed by atoms with Crippen LogP contribution < -0.4 is 11.4 Å². The van der Waals surface area contributed by atoms with Crippen LogP contribution in [-0.4, -0.2) is 49.6 Å². The van der Waals surface area contributed by atoms with Gasteiger partial charge < -0.3 is 30.1 Å². The Kier molecular flexibility index (Phi) is 4.53. The average molecular weight is 307 g/mol. The number of rotatable bonds is 4. The van der Waals surface area contributed by atoms with Gasteiger partial charge in [0.1, 0.15) is 24.1 Å². The number of hydrogen-bond donors (Lipinski definition) is 4. The van der Waals surface area contributed by atoms with Gasteiger partial charge in [-0.2, -0.15) is 4.98 Å². The number of aromatic nitrogens is 2. The average Bonchev–Trinajstić information content (AvgIpc) is 2.64. The molecule has 0 aliphatic carbocycles. The summed E-state index contributed by atoms with van der Waals surface area (Å²) in [6, 6.07) is 1.33. The van der Waals surface area contributed by atoms with Crippen molar-refractivity contribution >= 4 is 14.1 Å². The van der Waals surface area contributed by atoms with Gasteiger partial charge in [-0.3, -0.25) is 9.13 Å². The predicted molar refractivity (Wildman–Crippen MR) is 66.0 cm³/mol. The summed E-state index contributed by atoms with van der Waals surface area (Å²) in [6.07, 6.45) is -3.73. The molecule has 1 fully saturated rings. The SMILES string of the molecule is Nc1ccn([C@@H]2O[C@H](CO[PH](=O)O)C(O)C2O)c(=O)n1. The Balaban J connectivity index is 2.17. The molecular weight excluding hydrogens is 293 g/mol. The predicted octanol–water partition coefficient (Wildman–Crippen LogP) is -2.16. The zero-order valence-electron chi connectivity index (χ0n) is 10.1. The van der Waals surface area contributed by atoms with Crippen LogP contribution in [0.25, 0.3) is 0 Å². The number of nitrogens with zero attached hydrogens (tertiary/aromatic N) is 2. The van der Waals surface area contributed by atoms with Crippen molar-refractivity contribution in [3.63, 3.8) is 0 Å². The standard InChI is InChI=1S/C9H14N3O7P/c10-5-1-2-12(9(15)11-5)8-7(14)6(13)4(19-8)3-18-20(16)17/h1-2,4,6-8,13-14,20H,3H2,(H,16,17)(H2,10,11,15)/t4-,6?,7?,8-/m1/s1. The fourth-order valence-electron chi connectivity index (χ4n) is 1.87. The van der Waals surface area contributed by atoms with E-state index in [1.807, 2.05) is 0 Å². The molecule has 0 bridgehead atoms. The first-order valence-electron chi connectivity index (χ1n) is 5.62. The van der Waals surface area contributed by atoms with E-state index in [2.05, 4.69) is 9.51 Å². The first-order valence-corrected chi connectivity index (χ1v) is 6.88. The second-order valence-electron chi connectivity index (χ2n) is 4.17. The maximum absolute atomic E-state index is 11.6. The molecule has 1 aromatic heterocycles. The highest BCUT2D eigenvalue weighted by Crippen LogP contribution is 2.30. The van der Waals surface area contributed by atoms with Gasteiger partial charge in [-0.1, -0.05) is 0 Å². The Morgan fingerprint density at radius 3 is 2.80 bits per heavy atom.